The van der Waals surface area contributed by atoms with Crippen LogP contribution in [-0.4, -0.2) is 23.7 Å². The molecule has 0 bridgehead atoms. The summed E-state index contributed by atoms with van der Waals surface area (Å²) in [5.74, 6) is -0.127. The van der Waals surface area contributed by atoms with Gasteiger partial charge in [-0.05, 0) is 19.4 Å². The lowest BCUT2D eigenvalue weighted by molar-refractivity contribution is -0.122. The van der Waals surface area contributed by atoms with Crippen molar-refractivity contribution >= 4 is 5.91 Å². The van der Waals surface area contributed by atoms with Crippen molar-refractivity contribution in [1.29, 1.82) is 0 Å². The van der Waals surface area contributed by atoms with E-state index in [9.17, 15) is 9.90 Å². The van der Waals surface area contributed by atoms with E-state index in [1.807, 2.05) is 44.2 Å². The molecule has 0 saturated heterocycles. The molecule has 0 unspecified atom stereocenters. The Morgan fingerprint density at radius 3 is 2.44 bits per heavy atom. The third-order valence-electron chi connectivity index (χ3n) is 2.37. The van der Waals surface area contributed by atoms with Gasteiger partial charge in [0.25, 0.3) is 0 Å². The van der Waals surface area contributed by atoms with Crippen LogP contribution >= 0.6 is 0 Å². The molecule has 1 amide bonds. The van der Waals surface area contributed by atoms with Crippen molar-refractivity contribution in [3.05, 3.63) is 35.9 Å². The summed E-state index contributed by atoms with van der Waals surface area (Å²) in [5.41, 5.74) is 1.00. The van der Waals surface area contributed by atoms with Gasteiger partial charge < -0.3 is 10.4 Å². The standard InChI is InChI=1S/C13H19NO2/c1-10(2)14-13(16)8-12(9-15)11-6-4-3-5-7-11/h3-7,10,12,15H,8-9H2,1-2H3,(H,14,16)/t12-/m1/s1. The van der Waals surface area contributed by atoms with Gasteiger partial charge in [-0.1, -0.05) is 30.3 Å². The molecule has 0 aliphatic rings. The van der Waals surface area contributed by atoms with Gasteiger partial charge >= 0.3 is 0 Å². The van der Waals surface area contributed by atoms with Crippen LogP contribution in [0.15, 0.2) is 30.3 Å². The third-order valence-corrected chi connectivity index (χ3v) is 2.37. The zero-order valence-corrected chi connectivity index (χ0v) is 9.81. The quantitative estimate of drug-likeness (QED) is 0.794. The highest BCUT2D eigenvalue weighted by molar-refractivity contribution is 5.77. The van der Waals surface area contributed by atoms with Crippen molar-refractivity contribution in [2.24, 2.45) is 0 Å². The number of aliphatic hydroxyl groups is 1. The molecule has 0 aromatic heterocycles. The van der Waals surface area contributed by atoms with Gasteiger partial charge in [0.1, 0.15) is 0 Å². The van der Waals surface area contributed by atoms with Crippen LogP contribution in [0.1, 0.15) is 31.7 Å². The lowest BCUT2D eigenvalue weighted by Crippen LogP contribution is -2.31. The van der Waals surface area contributed by atoms with Crippen LogP contribution < -0.4 is 5.32 Å². The third kappa shape index (κ3) is 4.03. The summed E-state index contributed by atoms with van der Waals surface area (Å²) in [6.45, 7) is 3.85. The second kappa shape index (κ2) is 6.28. The number of carbonyl (C=O) groups excluding carboxylic acids is 1. The first kappa shape index (κ1) is 12.7. The van der Waals surface area contributed by atoms with E-state index in [1.54, 1.807) is 0 Å². The van der Waals surface area contributed by atoms with E-state index < -0.39 is 0 Å². The molecule has 0 spiro atoms. The monoisotopic (exact) mass is 221 g/mol. The second-order valence-electron chi connectivity index (χ2n) is 4.22. The Kier molecular flexibility index (Phi) is 4.99. The zero-order chi connectivity index (χ0) is 12.0. The van der Waals surface area contributed by atoms with Crippen molar-refractivity contribution in [2.45, 2.75) is 32.2 Å². The van der Waals surface area contributed by atoms with Crippen molar-refractivity contribution in [2.75, 3.05) is 6.61 Å². The van der Waals surface area contributed by atoms with Gasteiger partial charge in [0, 0.05) is 18.4 Å². The number of nitrogens with one attached hydrogen (secondary N) is 1. The van der Waals surface area contributed by atoms with Crippen LogP contribution in [0, 0.1) is 0 Å². The molecule has 88 valence electrons. The fourth-order valence-corrected chi connectivity index (χ4v) is 1.62. The average Bonchev–Trinajstić information content (AvgIpc) is 2.26. The van der Waals surface area contributed by atoms with Crippen LogP contribution in [0.5, 0.6) is 0 Å². The number of hydrogen-bond donors (Lipinski definition) is 2. The Balaban J connectivity index is 2.59. The summed E-state index contributed by atoms with van der Waals surface area (Å²) in [6.07, 6.45) is 0.332. The van der Waals surface area contributed by atoms with Crippen molar-refractivity contribution < 1.29 is 9.90 Å². The van der Waals surface area contributed by atoms with Gasteiger partial charge in [-0.2, -0.15) is 0 Å². The minimum atomic E-state index is -0.111. The minimum Gasteiger partial charge on any atom is -0.396 e. The van der Waals surface area contributed by atoms with Crippen molar-refractivity contribution in [3.63, 3.8) is 0 Å². The Morgan fingerprint density at radius 2 is 1.94 bits per heavy atom. The summed E-state index contributed by atoms with van der Waals surface area (Å²) in [7, 11) is 0. The van der Waals surface area contributed by atoms with E-state index in [0.29, 0.717) is 6.42 Å². The summed E-state index contributed by atoms with van der Waals surface area (Å²) in [4.78, 5) is 11.6. The zero-order valence-electron chi connectivity index (χ0n) is 9.81. The van der Waals surface area contributed by atoms with Crippen LogP contribution in [0.25, 0.3) is 0 Å². The highest BCUT2D eigenvalue weighted by Gasteiger charge is 2.15. The lowest BCUT2D eigenvalue weighted by Gasteiger charge is -2.15. The largest absolute Gasteiger partial charge is 0.396 e. The van der Waals surface area contributed by atoms with E-state index in [0.717, 1.165) is 5.56 Å². The highest BCUT2D eigenvalue weighted by atomic mass is 16.3. The molecule has 1 atom stereocenters. The van der Waals surface area contributed by atoms with Crippen LogP contribution in [0.2, 0.25) is 0 Å². The SMILES string of the molecule is CC(C)NC(=O)C[C@H](CO)c1ccccc1. The van der Waals surface area contributed by atoms with Crippen LogP contribution in [0.3, 0.4) is 0 Å². The first-order valence-electron chi connectivity index (χ1n) is 5.58. The molecule has 2 N–H and O–H groups in total. The number of amides is 1. The Hall–Kier alpha value is -1.35. The number of hydrogen-bond acceptors (Lipinski definition) is 2. The molecular weight excluding hydrogens is 202 g/mol. The fraction of sp³-hybridized carbons (Fsp3) is 0.462. The van der Waals surface area contributed by atoms with Gasteiger partial charge in [0.2, 0.25) is 5.91 Å². The van der Waals surface area contributed by atoms with E-state index >= 15 is 0 Å². The number of carbonyl (C=O) groups is 1. The van der Waals surface area contributed by atoms with E-state index in [-0.39, 0.29) is 24.5 Å². The molecular formula is C13H19NO2. The Bertz CT molecular complexity index is 322. The first-order valence-corrected chi connectivity index (χ1v) is 5.58. The number of aliphatic hydroxyl groups excluding tert-OH is 1. The normalized spacial score (nSPS) is 12.5. The molecule has 3 nitrogen and oxygen atoms in total. The summed E-state index contributed by atoms with van der Waals surface area (Å²) >= 11 is 0. The maximum atomic E-state index is 11.6. The van der Waals surface area contributed by atoms with Crippen molar-refractivity contribution in [1.82, 2.24) is 5.32 Å². The predicted molar refractivity (Wildman–Crippen MR) is 64.2 cm³/mol. The summed E-state index contributed by atoms with van der Waals surface area (Å²) < 4.78 is 0. The molecule has 0 heterocycles. The summed E-state index contributed by atoms with van der Waals surface area (Å²) in [5, 5.41) is 12.1. The van der Waals surface area contributed by atoms with Gasteiger partial charge in [-0.25, -0.2) is 0 Å². The average molecular weight is 221 g/mol. The van der Waals surface area contributed by atoms with Crippen LogP contribution in [0.4, 0.5) is 0 Å². The molecule has 0 radical (unpaired) electrons. The van der Waals surface area contributed by atoms with E-state index in [1.165, 1.54) is 0 Å². The molecule has 1 rings (SSSR count). The van der Waals surface area contributed by atoms with E-state index in [2.05, 4.69) is 5.32 Å². The molecule has 16 heavy (non-hydrogen) atoms. The number of rotatable bonds is 5. The molecule has 0 fully saturated rings. The molecule has 1 aromatic rings. The maximum absolute atomic E-state index is 11.6. The number of benzene rings is 1. The molecule has 0 aliphatic heterocycles. The van der Waals surface area contributed by atoms with Crippen LogP contribution in [-0.2, 0) is 4.79 Å². The highest BCUT2D eigenvalue weighted by Crippen LogP contribution is 2.18. The molecule has 3 heteroatoms. The van der Waals surface area contributed by atoms with Gasteiger partial charge in [0.15, 0.2) is 0 Å². The fourth-order valence-electron chi connectivity index (χ4n) is 1.62. The lowest BCUT2D eigenvalue weighted by atomic mass is 9.96. The van der Waals surface area contributed by atoms with Gasteiger partial charge in [-0.15, -0.1) is 0 Å². The van der Waals surface area contributed by atoms with Crippen molar-refractivity contribution in [3.8, 4) is 0 Å². The molecule has 0 aliphatic carbocycles. The maximum Gasteiger partial charge on any atom is 0.220 e. The molecule has 1 aromatic carbocycles. The first-order chi connectivity index (χ1) is 7.63. The second-order valence-corrected chi connectivity index (χ2v) is 4.22. The van der Waals surface area contributed by atoms with Gasteiger partial charge in [-0.3, -0.25) is 4.79 Å². The topological polar surface area (TPSA) is 49.3 Å². The van der Waals surface area contributed by atoms with E-state index in [4.69, 9.17) is 0 Å². The predicted octanol–water partition coefficient (Wildman–Crippen LogP) is 1.68. The smallest absolute Gasteiger partial charge is 0.220 e. The Labute approximate surface area is 96.5 Å². The summed E-state index contributed by atoms with van der Waals surface area (Å²) in [6, 6.07) is 9.76. The minimum absolute atomic E-state index is 0.00444. The van der Waals surface area contributed by atoms with Gasteiger partial charge in [0.05, 0.1) is 6.61 Å². The molecule has 0 saturated carbocycles. The Morgan fingerprint density at radius 1 is 1.31 bits per heavy atom.